The standard InChI is InChI=1S/C9H20O.C5H12O5/c1-2-3-4-5-6-7-8-9-10;6-1-3(8)5(10)4(9)2-7/h10H,2-9H2,1H3;3-10H,1-2H2/t;3-,4-/m.1/s1. The lowest BCUT2D eigenvalue weighted by Gasteiger charge is -2.19. The van der Waals surface area contributed by atoms with Crippen LogP contribution in [0, 0.1) is 0 Å². The third-order valence-corrected chi connectivity index (χ3v) is 2.92. The first-order valence-corrected chi connectivity index (χ1v) is 7.41. The van der Waals surface area contributed by atoms with Crippen molar-refractivity contribution in [1.82, 2.24) is 0 Å². The molecule has 0 rings (SSSR count). The monoisotopic (exact) mass is 296 g/mol. The van der Waals surface area contributed by atoms with E-state index in [1.165, 1.54) is 38.5 Å². The molecule has 2 atom stereocenters. The Morgan fingerprint density at radius 3 is 1.40 bits per heavy atom. The third kappa shape index (κ3) is 14.2. The van der Waals surface area contributed by atoms with E-state index < -0.39 is 31.5 Å². The first-order valence-electron chi connectivity index (χ1n) is 7.41. The van der Waals surface area contributed by atoms with E-state index in [0.717, 1.165) is 6.42 Å². The quantitative estimate of drug-likeness (QED) is 0.293. The van der Waals surface area contributed by atoms with Gasteiger partial charge in [0.05, 0.1) is 13.2 Å². The van der Waals surface area contributed by atoms with Crippen molar-refractivity contribution in [1.29, 1.82) is 0 Å². The summed E-state index contributed by atoms with van der Waals surface area (Å²) in [4.78, 5) is 0. The smallest absolute Gasteiger partial charge is 0.110 e. The highest BCUT2D eigenvalue weighted by Crippen LogP contribution is 2.05. The van der Waals surface area contributed by atoms with Crippen molar-refractivity contribution in [3.05, 3.63) is 0 Å². The number of hydrogen-bond donors (Lipinski definition) is 6. The predicted octanol–water partition coefficient (Wildman–Crippen LogP) is -0.217. The molecule has 0 saturated carbocycles. The van der Waals surface area contributed by atoms with E-state index in [2.05, 4.69) is 6.92 Å². The molecular formula is C14H32O6. The molecular weight excluding hydrogens is 264 g/mol. The molecule has 0 fully saturated rings. The molecule has 6 N–H and O–H groups in total. The van der Waals surface area contributed by atoms with Crippen LogP contribution in [0.15, 0.2) is 0 Å². The Labute approximate surface area is 121 Å². The fraction of sp³-hybridized carbons (Fsp3) is 1.00. The second kappa shape index (κ2) is 16.8. The van der Waals surface area contributed by atoms with Crippen molar-refractivity contribution < 1.29 is 30.6 Å². The van der Waals surface area contributed by atoms with Gasteiger partial charge in [0.1, 0.15) is 18.3 Å². The number of aliphatic hydroxyl groups excluding tert-OH is 6. The zero-order chi connectivity index (χ0) is 15.8. The summed E-state index contributed by atoms with van der Waals surface area (Å²) >= 11 is 0. The molecule has 0 aromatic carbocycles. The lowest BCUT2D eigenvalue weighted by atomic mass is 10.1. The summed E-state index contributed by atoms with van der Waals surface area (Å²) in [6, 6.07) is 0. The Morgan fingerprint density at radius 1 is 0.650 bits per heavy atom. The van der Waals surface area contributed by atoms with Crippen molar-refractivity contribution in [2.24, 2.45) is 0 Å². The summed E-state index contributed by atoms with van der Waals surface area (Å²) < 4.78 is 0. The van der Waals surface area contributed by atoms with E-state index in [9.17, 15) is 0 Å². The van der Waals surface area contributed by atoms with Crippen LogP contribution in [0.4, 0.5) is 0 Å². The van der Waals surface area contributed by atoms with E-state index in [4.69, 9.17) is 30.6 Å². The number of unbranched alkanes of at least 4 members (excludes halogenated alkanes) is 6. The van der Waals surface area contributed by atoms with Gasteiger partial charge in [0.15, 0.2) is 0 Å². The number of hydrogen-bond acceptors (Lipinski definition) is 6. The molecule has 0 heterocycles. The second-order valence-corrected chi connectivity index (χ2v) is 4.84. The molecule has 0 aromatic rings. The number of aliphatic hydroxyl groups is 6. The summed E-state index contributed by atoms with van der Waals surface area (Å²) in [6.45, 7) is 1.32. The largest absolute Gasteiger partial charge is 0.396 e. The van der Waals surface area contributed by atoms with Gasteiger partial charge in [0, 0.05) is 6.61 Å². The van der Waals surface area contributed by atoms with Crippen LogP contribution in [0.2, 0.25) is 0 Å². The van der Waals surface area contributed by atoms with Crippen LogP contribution in [0.25, 0.3) is 0 Å². The van der Waals surface area contributed by atoms with Gasteiger partial charge in [-0.1, -0.05) is 45.4 Å². The van der Waals surface area contributed by atoms with E-state index in [1.807, 2.05) is 0 Å². The van der Waals surface area contributed by atoms with E-state index in [0.29, 0.717) is 6.61 Å². The molecule has 6 heteroatoms. The molecule has 0 aliphatic carbocycles. The van der Waals surface area contributed by atoms with Crippen LogP contribution < -0.4 is 0 Å². The van der Waals surface area contributed by atoms with E-state index in [1.54, 1.807) is 0 Å². The first kappa shape index (κ1) is 22.0. The fourth-order valence-electron chi connectivity index (χ4n) is 1.54. The lowest BCUT2D eigenvalue weighted by Crippen LogP contribution is -2.41. The minimum atomic E-state index is -1.49. The van der Waals surface area contributed by atoms with E-state index in [-0.39, 0.29) is 0 Å². The Kier molecular flexibility index (Phi) is 18.5. The summed E-state index contributed by atoms with van der Waals surface area (Å²) in [5, 5.41) is 51.0. The lowest BCUT2D eigenvalue weighted by molar-refractivity contribution is -0.0900. The topological polar surface area (TPSA) is 121 Å². The highest BCUT2D eigenvalue weighted by molar-refractivity contribution is 4.73. The average Bonchev–Trinajstić information content (AvgIpc) is 2.49. The Hall–Kier alpha value is -0.240. The maximum atomic E-state index is 8.77. The van der Waals surface area contributed by atoms with Gasteiger partial charge in [-0.15, -0.1) is 0 Å². The van der Waals surface area contributed by atoms with Gasteiger partial charge < -0.3 is 30.6 Å². The maximum Gasteiger partial charge on any atom is 0.110 e. The van der Waals surface area contributed by atoms with Gasteiger partial charge in [-0.25, -0.2) is 0 Å². The third-order valence-electron chi connectivity index (χ3n) is 2.92. The molecule has 0 aromatic heterocycles. The van der Waals surface area contributed by atoms with Crippen LogP contribution in [0.5, 0.6) is 0 Å². The van der Waals surface area contributed by atoms with Crippen LogP contribution in [0.1, 0.15) is 51.9 Å². The van der Waals surface area contributed by atoms with Crippen LogP contribution in [0.3, 0.4) is 0 Å². The molecule has 0 spiro atoms. The zero-order valence-corrected chi connectivity index (χ0v) is 12.5. The molecule has 6 nitrogen and oxygen atoms in total. The summed E-state index contributed by atoms with van der Waals surface area (Å²) in [5.41, 5.74) is 0. The van der Waals surface area contributed by atoms with Gasteiger partial charge in [-0.05, 0) is 6.42 Å². The molecule has 0 aliphatic heterocycles. The number of rotatable bonds is 11. The highest BCUT2D eigenvalue weighted by atomic mass is 16.4. The Bertz CT molecular complexity index is 161. The average molecular weight is 296 g/mol. The van der Waals surface area contributed by atoms with Gasteiger partial charge >= 0.3 is 0 Å². The highest BCUT2D eigenvalue weighted by Gasteiger charge is 2.22. The van der Waals surface area contributed by atoms with Crippen LogP contribution in [-0.4, -0.2) is 68.8 Å². The Balaban J connectivity index is 0. The van der Waals surface area contributed by atoms with Crippen molar-refractivity contribution in [3.63, 3.8) is 0 Å². The van der Waals surface area contributed by atoms with Gasteiger partial charge in [0.25, 0.3) is 0 Å². The van der Waals surface area contributed by atoms with Crippen LogP contribution >= 0.6 is 0 Å². The van der Waals surface area contributed by atoms with Gasteiger partial charge in [-0.2, -0.15) is 0 Å². The van der Waals surface area contributed by atoms with Crippen molar-refractivity contribution in [2.75, 3.05) is 19.8 Å². The van der Waals surface area contributed by atoms with Crippen molar-refractivity contribution in [2.45, 2.75) is 70.2 Å². The van der Waals surface area contributed by atoms with Gasteiger partial charge in [0.2, 0.25) is 0 Å². The first-order chi connectivity index (χ1) is 9.54. The van der Waals surface area contributed by atoms with Crippen molar-refractivity contribution in [3.8, 4) is 0 Å². The SMILES string of the molecule is CCCCCCCCCO.OC[C@@H](O)C(O)[C@H](O)CO. The molecule has 0 saturated heterocycles. The molecule has 0 amide bonds. The normalized spacial score (nSPS) is 13.8. The summed E-state index contributed by atoms with van der Waals surface area (Å²) in [7, 11) is 0. The zero-order valence-electron chi connectivity index (χ0n) is 12.5. The minimum absolute atomic E-state index is 0.369. The minimum Gasteiger partial charge on any atom is -0.396 e. The molecule has 0 radical (unpaired) electrons. The van der Waals surface area contributed by atoms with E-state index >= 15 is 0 Å². The molecule has 124 valence electrons. The van der Waals surface area contributed by atoms with Crippen molar-refractivity contribution >= 4 is 0 Å². The predicted molar refractivity (Wildman–Crippen MR) is 77.3 cm³/mol. The molecule has 0 bridgehead atoms. The maximum absolute atomic E-state index is 8.77. The molecule has 20 heavy (non-hydrogen) atoms. The second-order valence-electron chi connectivity index (χ2n) is 4.84. The summed E-state index contributed by atoms with van der Waals surface area (Å²) in [5.74, 6) is 0. The van der Waals surface area contributed by atoms with Crippen LogP contribution in [-0.2, 0) is 0 Å². The van der Waals surface area contributed by atoms with Gasteiger partial charge in [-0.3, -0.25) is 0 Å². The molecule has 0 unspecified atom stereocenters. The Morgan fingerprint density at radius 2 is 1.05 bits per heavy atom. The fourth-order valence-corrected chi connectivity index (χ4v) is 1.54. The summed E-state index contributed by atoms with van der Waals surface area (Å²) in [6.07, 6.45) is 4.64. The molecule has 0 aliphatic rings.